The van der Waals surface area contributed by atoms with Crippen molar-refractivity contribution < 1.29 is 13.9 Å². The zero-order valence-electron chi connectivity index (χ0n) is 24.9. The van der Waals surface area contributed by atoms with E-state index >= 15 is 4.39 Å². The van der Waals surface area contributed by atoms with E-state index in [4.69, 9.17) is 9.47 Å². The van der Waals surface area contributed by atoms with Crippen LogP contribution in [0.5, 0.6) is 5.75 Å². The van der Waals surface area contributed by atoms with Gasteiger partial charge in [-0.05, 0) is 60.7 Å². The lowest BCUT2D eigenvalue weighted by Gasteiger charge is -2.43. The fraction of sp³-hybridized carbons (Fsp3) is 0.353. The van der Waals surface area contributed by atoms with E-state index in [0.717, 1.165) is 50.9 Å². The van der Waals surface area contributed by atoms with E-state index in [1.807, 2.05) is 29.2 Å². The van der Waals surface area contributed by atoms with Gasteiger partial charge in [0.1, 0.15) is 29.6 Å². The predicted octanol–water partition coefficient (Wildman–Crippen LogP) is 4.67. The first-order chi connectivity index (χ1) is 22.1. The summed E-state index contributed by atoms with van der Waals surface area (Å²) < 4.78 is 26.5. The van der Waals surface area contributed by atoms with Crippen LogP contribution in [0.3, 0.4) is 0 Å². The minimum absolute atomic E-state index is 0.186. The molecule has 1 N–H and O–H groups in total. The minimum Gasteiger partial charge on any atom is -0.486 e. The summed E-state index contributed by atoms with van der Waals surface area (Å²) >= 11 is 0. The Labute approximate surface area is 262 Å². The third-order valence-electron chi connectivity index (χ3n) is 8.70. The summed E-state index contributed by atoms with van der Waals surface area (Å²) in [6.07, 6.45) is 2.00. The number of aromatic nitrogens is 3. The summed E-state index contributed by atoms with van der Waals surface area (Å²) in [5.74, 6) is 2.22. The third-order valence-corrected chi connectivity index (χ3v) is 8.70. The van der Waals surface area contributed by atoms with Gasteiger partial charge in [0.05, 0.1) is 31.4 Å². The fourth-order valence-electron chi connectivity index (χ4n) is 6.04. The van der Waals surface area contributed by atoms with Crippen molar-refractivity contribution in [3.8, 4) is 23.2 Å². The van der Waals surface area contributed by atoms with E-state index < -0.39 is 12.3 Å². The maximum Gasteiger partial charge on any atom is 0.161 e. The third kappa shape index (κ3) is 6.53. The van der Waals surface area contributed by atoms with E-state index in [1.165, 1.54) is 5.69 Å². The first-order valence-electron chi connectivity index (χ1n) is 15.4. The van der Waals surface area contributed by atoms with Crippen LogP contribution in [0.15, 0.2) is 79.1 Å². The number of ether oxygens (including phenoxy) is 2. The van der Waals surface area contributed by atoms with Crippen LogP contribution in [-0.4, -0.2) is 90.7 Å². The standard InChI is InChI=1S/C34H35FN8O2/c35-29-21-43(33-3-1-2-12-37-33)14-11-31(29)45-30-9-4-24(19-25(30)20-36)34-38-13-10-32(40-34)39-26-5-7-27(8-6-26)41-15-17-42(18-16-41)28-22-44-23-28/h1-10,12-13,19,28-29,31H,11,14-18,21-23H2,(H,38,39,40)/t29-,31+/m1/s1. The number of hydrogen-bond donors (Lipinski definition) is 1. The van der Waals surface area contributed by atoms with Crippen molar-refractivity contribution in [2.24, 2.45) is 0 Å². The molecule has 11 heteroatoms. The zero-order valence-corrected chi connectivity index (χ0v) is 24.9. The molecule has 3 saturated heterocycles. The highest BCUT2D eigenvalue weighted by Gasteiger charge is 2.32. The molecule has 3 aliphatic rings. The molecule has 2 atom stereocenters. The second-order valence-electron chi connectivity index (χ2n) is 11.6. The molecule has 7 rings (SSSR count). The monoisotopic (exact) mass is 606 g/mol. The van der Waals surface area contributed by atoms with Crippen LogP contribution in [0.4, 0.5) is 27.4 Å². The number of nitriles is 1. The average Bonchev–Trinajstić information content (AvgIpc) is 3.06. The molecule has 3 fully saturated rings. The Kier molecular flexibility index (Phi) is 8.40. The molecule has 0 saturated carbocycles. The molecule has 10 nitrogen and oxygen atoms in total. The van der Waals surface area contributed by atoms with Crippen LogP contribution in [0.2, 0.25) is 0 Å². The number of piperidine rings is 1. The van der Waals surface area contributed by atoms with Crippen LogP contribution in [0, 0.1) is 11.3 Å². The summed E-state index contributed by atoms with van der Waals surface area (Å²) in [5, 5.41) is 13.3. The number of alkyl halides is 1. The van der Waals surface area contributed by atoms with Gasteiger partial charge in [0, 0.05) is 68.5 Å². The Morgan fingerprint density at radius 2 is 1.76 bits per heavy atom. The van der Waals surface area contributed by atoms with Crippen molar-refractivity contribution in [2.75, 3.05) is 67.6 Å². The van der Waals surface area contributed by atoms with Crippen LogP contribution in [0.25, 0.3) is 11.4 Å². The molecule has 0 unspecified atom stereocenters. The molecule has 3 aliphatic heterocycles. The Bertz CT molecular complexity index is 1640. The average molecular weight is 607 g/mol. The highest BCUT2D eigenvalue weighted by Crippen LogP contribution is 2.30. The lowest BCUT2D eigenvalue weighted by atomic mass is 10.0. The fourth-order valence-corrected chi connectivity index (χ4v) is 6.04. The van der Waals surface area contributed by atoms with E-state index in [1.54, 1.807) is 30.6 Å². The van der Waals surface area contributed by atoms with E-state index in [9.17, 15) is 5.26 Å². The van der Waals surface area contributed by atoms with Crippen molar-refractivity contribution in [3.05, 3.63) is 84.7 Å². The quantitative estimate of drug-likeness (QED) is 0.304. The highest BCUT2D eigenvalue weighted by atomic mass is 19.1. The topological polar surface area (TPSA) is 103 Å². The summed E-state index contributed by atoms with van der Waals surface area (Å²) in [6, 6.07) is 23.8. The maximum atomic E-state index is 15.1. The van der Waals surface area contributed by atoms with E-state index in [-0.39, 0.29) is 6.54 Å². The number of pyridine rings is 1. The van der Waals surface area contributed by atoms with Crippen molar-refractivity contribution in [2.45, 2.75) is 24.7 Å². The van der Waals surface area contributed by atoms with Gasteiger partial charge in [-0.2, -0.15) is 5.26 Å². The predicted molar refractivity (Wildman–Crippen MR) is 171 cm³/mol. The minimum atomic E-state index is -1.22. The molecule has 4 aromatic rings. The van der Waals surface area contributed by atoms with Gasteiger partial charge < -0.3 is 24.6 Å². The van der Waals surface area contributed by atoms with Crippen LogP contribution in [-0.2, 0) is 4.74 Å². The Balaban J connectivity index is 0.975. The molecule has 230 valence electrons. The SMILES string of the molecule is N#Cc1cc(-c2nccc(Nc3ccc(N4CCN(C5COC5)CC4)cc3)n2)ccc1O[C@H]1CCN(c2ccccn2)C[C@H]1F. The molecular formula is C34H35FN8O2. The number of nitrogens with one attached hydrogen (secondary N) is 1. The maximum absolute atomic E-state index is 15.1. The number of benzene rings is 2. The normalized spacial score (nSPS) is 20.7. The number of piperazine rings is 1. The summed E-state index contributed by atoms with van der Waals surface area (Å²) in [4.78, 5) is 20.3. The van der Waals surface area contributed by atoms with Gasteiger partial charge in [-0.25, -0.2) is 19.3 Å². The van der Waals surface area contributed by atoms with Crippen LogP contribution < -0.4 is 19.9 Å². The second kappa shape index (κ2) is 13.1. The Hall–Kier alpha value is -4.79. The number of anilines is 4. The van der Waals surface area contributed by atoms with Gasteiger partial charge in [0.25, 0.3) is 0 Å². The zero-order chi connectivity index (χ0) is 30.6. The first-order valence-corrected chi connectivity index (χ1v) is 15.4. The number of hydrogen-bond acceptors (Lipinski definition) is 10. The van der Waals surface area contributed by atoms with Gasteiger partial charge in [-0.1, -0.05) is 6.07 Å². The number of rotatable bonds is 8. The lowest BCUT2D eigenvalue weighted by molar-refractivity contribution is -0.0660. The molecular weight excluding hydrogens is 571 g/mol. The highest BCUT2D eigenvalue weighted by molar-refractivity contribution is 5.65. The summed E-state index contributed by atoms with van der Waals surface area (Å²) in [6.45, 7) is 6.65. The first kappa shape index (κ1) is 29.0. The molecule has 0 aliphatic carbocycles. The van der Waals surface area contributed by atoms with Crippen molar-refractivity contribution in [1.82, 2.24) is 19.9 Å². The Morgan fingerprint density at radius 3 is 2.47 bits per heavy atom. The van der Waals surface area contributed by atoms with Gasteiger partial charge in [0.2, 0.25) is 0 Å². The molecule has 2 aromatic carbocycles. The van der Waals surface area contributed by atoms with E-state index in [2.05, 4.69) is 60.4 Å². The molecule has 0 radical (unpaired) electrons. The van der Waals surface area contributed by atoms with Gasteiger partial charge in [-0.15, -0.1) is 0 Å². The van der Waals surface area contributed by atoms with Crippen LogP contribution >= 0.6 is 0 Å². The molecule has 45 heavy (non-hydrogen) atoms. The largest absolute Gasteiger partial charge is 0.486 e. The van der Waals surface area contributed by atoms with Crippen molar-refractivity contribution in [3.63, 3.8) is 0 Å². The molecule has 5 heterocycles. The summed E-state index contributed by atoms with van der Waals surface area (Å²) in [7, 11) is 0. The molecule has 2 aromatic heterocycles. The number of nitrogens with zero attached hydrogens (tertiary/aromatic N) is 7. The van der Waals surface area contributed by atoms with Crippen molar-refractivity contribution >= 4 is 23.0 Å². The smallest absolute Gasteiger partial charge is 0.161 e. The van der Waals surface area contributed by atoms with Gasteiger partial charge in [0.15, 0.2) is 12.0 Å². The van der Waals surface area contributed by atoms with Crippen LogP contribution in [0.1, 0.15) is 12.0 Å². The van der Waals surface area contributed by atoms with Gasteiger partial charge in [-0.3, -0.25) is 4.90 Å². The van der Waals surface area contributed by atoms with Gasteiger partial charge >= 0.3 is 0 Å². The molecule has 0 bridgehead atoms. The van der Waals surface area contributed by atoms with E-state index in [0.29, 0.717) is 47.5 Å². The molecule has 0 spiro atoms. The Morgan fingerprint density at radius 1 is 0.911 bits per heavy atom. The van der Waals surface area contributed by atoms with Crippen molar-refractivity contribution in [1.29, 1.82) is 5.26 Å². The number of halogens is 1. The lowest BCUT2D eigenvalue weighted by Crippen LogP contribution is -2.56. The second-order valence-corrected chi connectivity index (χ2v) is 11.6. The summed E-state index contributed by atoms with van der Waals surface area (Å²) in [5.41, 5.74) is 3.11. The molecule has 0 amide bonds.